The minimum absolute atomic E-state index is 0.0396. The maximum Gasteiger partial charge on any atom is 0.472 e. The Morgan fingerprint density at radius 3 is 1.48 bits per heavy atom. The lowest BCUT2D eigenvalue weighted by Gasteiger charge is -2.24. The first-order chi connectivity index (χ1) is 27.3. The molecule has 9 nitrogen and oxygen atoms in total. The highest BCUT2D eigenvalue weighted by Gasteiger charge is 2.27. The number of hydrogen-bond donors (Lipinski definition) is 5. The maximum absolute atomic E-state index is 12.8. The van der Waals surface area contributed by atoms with Crippen LogP contribution in [0.3, 0.4) is 0 Å². The van der Waals surface area contributed by atoms with Crippen LogP contribution in [0.2, 0.25) is 0 Å². The second-order valence-corrected chi connectivity index (χ2v) is 16.9. The van der Waals surface area contributed by atoms with Crippen molar-refractivity contribution in [2.75, 3.05) is 19.8 Å². The quantitative estimate of drug-likeness (QED) is 0.0232. The first-order valence-corrected chi connectivity index (χ1v) is 24.3. The lowest BCUT2D eigenvalue weighted by molar-refractivity contribution is -0.124. The minimum Gasteiger partial charge on any atom is -0.393 e. The van der Waals surface area contributed by atoms with Crippen molar-refractivity contribution in [3.05, 3.63) is 48.6 Å². The van der Waals surface area contributed by atoms with Gasteiger partial charge in [0.25, 0.3) is 0 Å². The van der Waals surface area contributed by atoms with Crippen LogP contribution in [0.25, 0.3) is 0 Å². The van der Waals surface area contributed by atoms with Crippen LogP contribution in [0.15, 0.2) is 48.6 Å². The highest BCUT2D eigenvalue weighted by atomic mass is 31.2. The van der Waals surface area contributed by atoms with Crippen molar-refractivity contribution in [3.8, 4) is 0 Å². The molecule has 328 valence electrons. The molecule has 0 radical (unpaired) electrons. The van der Waals surface area contributed by atoms with Crippen LogP contribution in [0.1, 0.15) is 200 Å². The van der Waals surface area contributed by atoms with Gasteiger partial charge in [-0.25, -0.2) is 4.57 Å². The standard InChI is InChI=1S/C46H87N2O7P/c1-3-5-7-9-11-13-15-17-19-20-21-22-23-24-26-28-30-32-34-36-38-45(50)44(42-55-56(52,53)54-40-39-47)48-46(51)41-43(49)37-35-33-31-29-27-25-18-16-14-12-10-8-6-4-2/h22-23,25,27-28,30,36,38,43-45,49-50H,3-21,24,26,29,31-35,37,39-42,47H2,1-2H3,(H,48,51)(H,52,53)/b23-22+,27-25-,30-28+,38-36+. The van der Waals surface area contributed by atoms with Crippen molar-refractivity contribution in [1.29, 1.82) is 0 Å². The summed E-state index contributed by atoms with van der Waals surface area (Å²) < 4.78 is 22.1. The number of nitrogens with two attached hydrogens (primary N) is 1. The molecule has 0 aromatic heterocycles. The van der Waals surface area contributed by atoms with Gasteiger partial charge in [-0.05, 0) is 70.6 Å². The second kappa shape index (κ2) is 41.6. The molecule has 4 unspecified atom stereocenters. The highest BCUT2D eigenvalue weighted by Crippen LogP contribution is 2.43. The fourth-order valence-corrected chi connectivity index (χ4v) is 7.20. The molecule has 0 bridgehead atoms. The Morgan fingerprint density at radius 2 is 1.02 bits per heavy atom. The van der Waals surface area contributed by atoms with Crippen LogP contribution in [0.5, 0.6) is 0 Å². The smallest absolute Gasteiger partial charge is 0.393 e. The molecule has 0 aromatic rings. The average molecular weight is 811 g/mol. The van der Waals surface area contributed by atoms with Gasteiger partial charge in [0.2, 0.25) is 5.91 Å². The number of unbranched alkanes of at least 4 members (excludes halogenated alkanes) is 22. The monoisotopic (exact) mass is 811 g/mol. The number of phosphoric acid groups is 1. The Morgan fingerprint density at radius 1 is 0.607 bits per heavy atom. The van der Waals surface area contributed by atoms with Crippen LogP contribution in [-0.2, 0) is 18.4 Å². The third-order valence-corrected chi connectivity index (χ3v) is 10.9. The van der Waals surface area contributed by atoms with Crippen molar-refractivity contribution in [2.45, 2.75) is 218 Å². The molecule has 56 heavy (non-hydrogen) atoms. The Balaban J connectivity index is 4.40. The summed E-state index contributed by atoms with van der Waals surface area (Å²) in [6, 6.07) is -1.01. The van der Waals surface area contributed by atoms with Gasteiger partial charge < -0.3 is 26.2 Å². The van der Waals surface area contributed by atoms with Crippen molar-refractivity contribution >= 4 is 13.7 Å². The van der Waals surface area contributed by atoms with Gasteiger partial charge in [-0.2, -0.15) is 0 Å². The third-order valence-electron chi connectivity index (χ3n) is 9.91. The lowest BCUT2D eigenvalue weighted by atomic mass is 10.1. The predicted octanol–water partition coefficient (Wildman–Crippen LogP) is 11.9. The maximum atomic E-state index is 12.8. The number of hydrogen-bond acceptors (Lipinski definition) is 7. The molecule has 0 spiro atoms. The third kappa shape index (κ3) is 39.3. The molecule has 6 N–H and O–H groups in total. The van der Waals surface area contributed by atoms with Gasteiger partial charge in [-0.1, -0.05) is 172 Å². The summed E-state index contributed by atoms with van der Waals surface area (Å²) in [5.74, 6) is -0.469. The van der Waals surface area contributed by atoms with E-state index in [9.17, 15) is 24.5 Å². The van der Waals surface area contributed by atoms with Crippen molar-refractivity contribution in [3.63, 3.8) is 0 Å². The summed E-state index contributed by atoms with van der Waals surface area (Å²) in [4.78, 5) is 22.8. The number of phosphoric ester groups is 1. The van der Waals surface area contributed by atoms with E-state index in [0.29, 0.717) is 12.8 Å². The summed E-state index contributed by atoms with van der Waals surface area (Å²) in [5.41, 5.74) is 5.36. The van der Waals surface area contributed by atoms with Crippen LogP contribution < -0.4 is 11.1 Å². The second-order valence-electron chi connectivity index (χ2n) is 15.4. The van der Waals surface area contributed by atoms with Gasteiger partial charge in [0.05, 0.1) is 37.9 Å². The molecule has 0 saturated heterocycles. The number of amides is 1. The number of aliphatic hydroxyl groups excluding tert-OH is 2. The van der Waals surface area contributed by atoms with Crippen LogP contribution in [-0.4, -0.2) is 59.0 Å². The van der Waals surface area contributed by atoms with E-state index >= 15 is 0 Å². The fourth-order valence-electron chi connectivity index (χ4n) is 6.44. The zero-order valence-electron chi connectivity index (χ0n) is 36.0. The lowest BCUT2D eigenvalue weighted by Crippen LogP contribution is -2.46. The zero-order valence-corrected chi connectivity index (χ0v) is 36.9. The summed E-state index contributed by atoms with van der Waals surface area (Å²) in [6.07, 6.45) is 47.7. The summed E-state index contributed by atoms with van der Waals surface area (Å²) in [5, 5.41) is 24.0. The molecule has 1 amide bonds. The van der Waals surface area contributed by atoms with Gasteiger partial charge in [0.15, 0.2) is 0 Å². The highest BCUT2D eigenvalue weighted by molar-refractivity contribution is 7.47. The molecule has 0 fully saturated rings. The number of nitrogens with one attached hydrogen (secondary N) is 1. The number of carbonyl (C=O) groups excluding carboxylic acids is 1. The van der Waals surface area contributed by atoms with E-state index in [2.05, 4.69) is 55.6 Å². The van der Waals surface area contributed by atoms with E-state index in [1.807, 2.05) is 6.08 Å². The molecule has 0 aliphatic carbocycles. The Hall–Kier alpha value is -1.58. The largest absolute Gasteiger partial charge is 0.472 e. The predicted molar refractivity (Wildman–Crippen MR) is 237 cm³/mol. The van der Waals surface area contributed by atoms with E-state index in [-0.39, 0.29) is 19.6 Å². The summed E-state index contributed by atoms with van der Waals surface area (Å²) in [6.45, 7) is 3.93. The topological polar surface area (TPSA) is 151 Å². The number of rotatable bonds is 42. The Bertz CT molecular complexity index is 1030. The molecular weight excluding hydrogens is 723 g/mol. The van der Waals surface area contributed by atoms with E-state index in [0.717, 1.165) is 57.8 Å². The van der Waals surface area contributed by atoms with Gasteiger partial charge >= 0.3 is 7.82 Å². The van der Waals surface area contributed by atoms with E-state index in [1.165, 1.54) is 109 Å². The first kappa shape index (κ1) is 54.4. The number of allylic oxidation sites excluding steroid dienone is 7. The molecule has 4 atom stereocenters. The van der Waals surface area contributed by atoms with Crippen LogP contribution >= 0.6 is 7.82 Å². The van der Waals surface area contributed by atoms with Crippen molar-refractivity contribution < 1.29 is 33.5 Å². The Labute approximate surface area is 344 Å². The fraction of sp³-hybridized carbons (Fsp3) is 0.804. The summed E-state index contributed by atoms with van der Waals surface area (Å²) in [7, 11) is -4.42. The minimum atomic E-state index is -4.42. The van der Waals surface area contributed by atoms with Gasteiger partial charge in [0.1, 0.15) is 0 Å². The zero-order chi connectivity index (χ0) is 41.2. The first-order valence-electron chi connectivity index (χ1n) is 22.8. The van der Waals surface area contributed by atoms with Crippen LogP contribution in [0, 0.1) is 0 Å². The molecule has 0 aliphatic heterocycles. The van der Waals surface area contributed by atoms with Gasteiger partial charge in [-0.15, -0.1) is 0 Å². The molecule has 0 rings (SSSR count). The van der Waals surface area contributed by atoms with E-state index in [1.54, 1.807) is 6.08 Å². The Kier molecular flexibility index (Phi) is 40.4. The summed E-state index contributed by atoms with van der Waals surface area (Å²) >= 11 is 0. The molecular formula is C46H87N2O7P. The van der Waals surface area contributed by atoms with Crippen LogP contribution in [0.4, 0.5) is 0 Å². The van der Waals surface area contributed by atoms with E-state index in [4.69, 9.17) is 14.8 Å². The van der Waals surface area contributed by atoms with Crippen molar-refractivity contribution in [2.24, 2.45) is 5.73 Å². The molecule has 0 saturated carbocycles. The molecule has 0 aromatic carbocycles. The van der Waals surface area contributed by atoms with Gasteiger partial charge in [0, 0.05) is 6.54 Å². The number of aliphatic hydroxyl groups is 2. The molecule has 10 heteroatoms. The molecule has 0 heterocycles. The molecule has 0 aliphatic rings. The number of carbonyl (C=O) groups is 1. The van der Waals surface area contributed by atoms with Crippen molar-refractivity contribution in [1.82, 2.24) is 5.32 Å². The average Bonchev–Trinajstić information content (AvgIpc) is 3.17. The SMILES string of the molecule is CCCCCCCCC/C=C\CCCCCC(O)CC(=O)NC(COP(=O)(O)OCCN)C(O)/C=C/CC/C=C/CC/C=C/CCCCCCCCCCCC. The van der Waals surface area contributed by atoms with E-state index < -0.39 is 38.6 Å². The van der Waals surface area contributed by atoms with Gasteiger partial charge in [-0.3, -0.25) is 13.8 Å². The normalized spacial score (nSPS) is 15.0.